The van der Waals surface area contributed by atoms with Crippen molar-refractivity contribution in [1.29, 1.82) is 0 Å². The average Bonchev–Trinajstić information content (AvgIpc) is 3.17. The van der Waals surface area contributed by atoms with Gasteiger partial charge in [0.25, 0.3) is 5.91 Å². The number of imidazole rings is 1. The van der Waals surface area contributed by atoms with E-state index in [0.717, 1.165) is 29.1 Å². The van der Waals surface area contributed by atoms with E-state index in [0.29, 0.717) is 31.9 Å². The van der Waals surface area contributed by atoms with Gasteiger partial charge in [-0.25, -0.2) is 9.50 Å². The van der Waals surface area contributed by atoms with Crippen molar-refractivity contribution in [2.75, 3.05) is 31.6 Å². The third-order valence-electron chi connectivity index (χ3n) is 5.64. The zero-order chi connectivity index (χ0) is 21.8. The highest BCUT2D eigenvalue weighted by Gasteiger charge is 2.25. The summed E-state index contributed by atoms with van der Waals surface area (Å²) in [6.45, 7) is 2.34. The van der Waals surface area contributed by atoms with Gasteiger partial charge in [-0.1, -0.05) is 30.3 Å². The zero-order valence-corrected chi connectivity index (χ0v) is 17.7. The van der Waals surface area contributed by atoms with Crippen molar-refractivity contribution in [3.8, 4) is 0 Å². The second-order valence-electron chi connectivity index (χ2n) is 7.99. The van der Waals surface area contributed by atoms with Crippen molar-refractivity contribution in [2.24, 2.45) is 5.92 Å². The van der Waals surface area contributed by atoms with Crippen molar-refractivity contribution < 1.29 is 9.53 Å². The molecule has 32 heavy (non-hydrogen) atoms. The second-order valence-corrected chi connectivity index (χ2v) is 7.99. The number of nitrogens with zero attached hydrogens (tertiary/aromatic N) is 4. The Balaban J connectivity index is 1.33. The fourth-order valence-electron chi connectivity index (χ4n) is 4.07. The van der Waals surface area contributed by atoms with E-state index < -0.39 is 0 Å². The molecular formula is C25H25N5O2. The van der Waals surface area contributed by atoms with Crippen LogP contribution in [0.4, 0.5) is 11.4 Å². The Bertz CT molecular complexity index is 1210. The van der Waals surface area contributed by atoms with Gasteiger partial charge in [0.15, 0.2) is 5.65 Å². The van der Waals surface area contributed by atoms with E-state index in [1.54, 1.807) is 10.7 Å². The van der Waals surface area contributed by atoms with Crippen LogP contribution in [-0.4, -0.2) is 51.7 Å². The van der Waals surface area contributed by atoms with Crippen LogP contribution in [0, 0.1) is 5.92 Å². The number of carbonyl (C=O) groups excluding carboxylic acids is 1. The largest absolute Gasteiger partial charge is 0.379 e. The fraction of sp³-hybridized carbons (Fsp3) is 0.240. The first-order valence-electron chi connectivity index (χ1n) is 10.8. The Labute approximate surface area is 186 Å². The SMILES string of the molecule is O=C(c1ccccc1Nc1ccccc1)N1CCOCC(Cc2ccc3nccn3n2)C1. The van der Waals surface area contributed by atoms with Crippen LogP contribution in [0.25, 0.3) is 5.65 Å². The quantitative estimate of drug-likeness (QED) is 0.525. The zero-order valence-electron chi connectivity index (χ0n) is 17.7. The van der Waals surface area contributed by atoms with Crippen molar-refractivity contribution in [1.82, 2.24) is 19.5 Å². The molecule has 0 bridgehead atoms. The normalized spacial score (nSPS) is 16.6. The number of carbonyl (C=O) groups is 1. The predicted molar refractivity (Wildman–Crippen MR) is 123 cm³/mol. The molecule has 2 aromatic carbocycles. The summed E-state index contributed by atoms with van der Waals surface area (Å²) in [5.74, 6) is 0.182. The second kappa shape index (κ2) is 9.20. The highest BCUT2D eigenvalue weighted by Crippen LogP contribution is 2.23. The number of para-hydroxylation sites is 2. The molecule has 2 aromatic heterocycles. The predicted octanol–water partition coefficient (Wildman–Crippen LogP) is 3.80. The molecule has 162 valence electrons. The number of aromatic nitrogens is 3. The number of rotatable bonds is 5. The number of amides is 1. The number of nitrogens with one attached hydrogen (secondary N) is 1. The molecule has 0 spiro atoms. The van der Waals surface area contributed by atoms with Gasteiger partial charge in [0.05, 0.1) is 30.2 Å². The third-order valence-corrected chi connectivity index (χ3v) is 5.64. The fourth-order valence-corrected chi connectivity index (χ4v) is 4.07. The van der Waals surface area contributed by atoms with Crippen molar-refractivity contribution in [3.05, 3.63) is 90.4 Å². The number of hydrogen-bond acceptors (Lipinski definition) is 5. The minimum atomic E-state index is 0.0116. The smallest absolute Gasteiger partial charge is 0.256 e. The van der Waals surface area contributed by atoms with Crippen LogP contribution in [-0.2, 0) is 11.2 Å². The molecule has 7 nitrogen and oxygen atoms in total. The summed E-state index contributed by atoms with van der Waals surface area (Å²) in [5.41, 5.74) is 4.20. The number of ether oxygens (including phenoxy) is 1. The molecule has 0 aliphatic carbocycles. The van der Waals surface area contributed by atoms with Gasteiger partial charge in [-0.2, -0.15) is 5.10 Å². The van der Waals surface area contributed by atoms with Gasteiger partial charge >= 0.3 is 0 Å². The minimum Gasteiger partial charge on any atom is -0.379 e. The van der Waals surface area contributed by atoms with Crippen LogP contribution in [0.3, 0.4) is 0 Å². The number of hydrogen-bond donors (Lipinski definition) is 1. The Kier molecular flexibility index (Phi) is 5.81. The summed E-state index contributed by atoms with van der Waals surface area (Å²) in [6.07, 6.45) is 4.32. The van der Waals surface area contributed by atoms with Crippen LogP contribution >= 0.6 is 0 Å². The third kappa shape index (κ3) is 4.48. The van der Waals surface area contributed by atoms with E-state index in [1.807, 2.05) is 77.8 Å². The Hall–Kier alpha value is -3.71. The van der Waals surface area contributed by atoms with Crippen molar-refractivity contribution >= 4 is 22.9 Å². The lowest BCUT2D eigenvalue weighted by Crippen LogP contribution is -2.36. The molecule has 1 N–H and O–H groups in total. The van der Waals surface area contributed by atoms with Crippen LogP contribution in [0.5, 0.6) is 0 Å². The van der Waals surface area contributed by atoms with E-state index >= 15 is 0 Å². The average molecular weight is 428 g/mol. The Morgan fingerprint density at radius 2 is 1.91 bits per heavy atom. The van der Waals surface area contributed by atoms with Crippen LogP contribution < -0.4 is 5.32 Å². The summed E-state index contributed by atoms with van der Waals surface area (Å²) < 4.78 is 7.62. The molecule has 5 rings (SSSR count). The lowest BCUT2D eigenvalue weighted by atomic mass is 10.0. The molecule has 7 heteroatoms. The lowest BCUT2D eigenvalue weighted by Gasteiger charge is -2.25. The molecule has 4 aromatic rings. The van der Waals surface area contributed by atoms with Gasteiger partial charge in [-0.3, -0.25) is 4.79 Å². The molecule has 1 atom stereocenters. The monoisotopic (exact) mass is 427 g/mol. The van der Waals surface area contributed by atoms with E-state index in [2.05, 4.69) is 15.4 Å². The first-order chi connectivity index (χ1) is 15.8. The molecular weight excluding hydrogens is 402 g/mol. The van der Waals surface area contributed by atoms with Gasteiger partial charge in [-0.15, -0.1) is 0 Å². The maximum absolute atomic E-state index is 13.5. The lowest BCUT2D eigenvalue weighted by molar-refractivity contribution is 0.0738. The molecule has 0 saturated carbocycles. The molecule has 1 fully saturated rings. The van der Waals surface area contributed by atoms with Crippen molar-refractivity contribution in [2.45, 2.75) is 6.42 Å². The first kappa shape index (κ1) is 20.2. The standard InChI is InChI=1S/C25H25N5O2/c31-25(22-8-4-5-9-23(22)27-20-6-2-1-3-7-20)29-14-15-32-18-19(17-29)16-21-10-11-24-26-12-13-30(24)28-21/h1-13,19,27H,14-18H2. The topological polar surface area (TPSA) is 71.8 Å². The number of anilines is 2. The molecule has 3 heterocycles. The van der Waals surface area contributed by atoms with E-state index in [9.17, 15) is 4.79 Å². The van der Waals surface area contributed by atoms with E-state index in [-0.39, 0.29) is 11.8 Å². The summed E-state index contributed by atoms with van der Waals surface area (Å²) in [4.78, 5) is 19.7. The van der Waals surface area contributed by atoms with Crippen LogP contribution in [0.1, 0.15) is 16.1 Å². The molecule has 0 radical (unpaired) electrons. The summed E-state index contributed by atoms with van der Waals surface area (Å²) in [5, 5.41) is 8.01. The van der Waals surface area contributed by atoms with Gasteiger partial charge in [-0.05, 0) is 42.8 Å². The first-order valence-corrected chi connectivity index (χ1v) is 10.8. The molecule has 1 saturated heterocycles. The highest BCUT2D eigenvalue weighted by molar-refractivity contribution is 6.00. The molecule has 1 aliphatic heterocycles. The Morgan fingerprint density at radius 1 is 1.06 bits per heavy atom. The van der Waals surface area contributed by atoms with Gasteiger partial charge in [0.1, 0.15) is 0 Å². The maximum Gasteiger partial charge on any atom is 0.256 e. The van der Waals surface area contributed by atoms with Crippen LogP contribution in [0.2, 0.25) is 0 Å². The summed E-state index contributed by atoms with van der Waals surface area (Å²) in [7, 11) is 0. The van der Waals surface area contributed by atoms with E-state index in [4.69, 9.17) is 4.74 Å². The molecule has 1 amide bonds. The number of fused-ring (bicyclic) bond motifs is 1. The maximum atomic E-state index is 13.5. The van der Waals surface area contributed by atoms with Crippen molar-refractivity contribution in [3.63, 3.8) is 0 Å². The molecule has 1 unspecified atom stereocenters. The Morgan fingerprint density at radius 3 is 2.81 bits per heavy atom. The van der Waals surface area contributed by atoms with Gasteiger partial charge in [0, 0.05) is 37.1 Å². The highest BCUT2D eigenvalue weighted by atomic mass is 16.5. The number of benzene rings is 2. The minimum absolute atomic E-state index is 0.0116. The van der Waals surface area contributed by atoms with Gasteiger partial charge in [0.2, 0.25) is 0 Å². The summed E-state index contributed by atoms with van der Waals surface area (Å²) >= 11 is 0. The molecule has 1 aliphatic rings. The van der Waals surface area contributed by atoms with Gasteiger partial charge < -0.3 is 15.0 Å². The van der Waals surface area contributed by atoms with Crippen LogP contribution in [0.15, 0.2) is 79.1 Å². The van der Waals surface area contributed by atoms with E-state index in [1.165, 1.54) is 0 Å². The summed E-state index contributed by atoms with van der Waals surface area (Å²) in [6, 6.07) is 21.5.